The average molecular weight is 521 g/mol. The number of anilines is 1. The molecule has 174 valence electrons. The Morgan fingerprint density at radius 3 is 2.12 bits per heavy atom. The van der Waals surface area contributed by atoms with Gasteiger partial charge in [0.05, 0.1) is 18.4 Å². The number of imide groups is 1. The van der Waals surface area contributed by atoms with Crippen LogP contribution in [-0.4, -0.2) is 35.9 Å². The van der Waals surface area contributed by atoms with Crippen LogP contribution in [0.1, 0.15) is 23.7 Å². The number of benzene rings is 2. The Morgan fingerprint density at radius 1 is 0.971 bits per heavy atom. The van der Waals surface area contributed by atoms with E-state index >= 15 is 0 Å². The van der Waals surface area contributed by atoms with E-state index in [9.17, 15) is 14.4 Å². The van der Waals surface area contributed by atoms with Crippen molar-refractivity contribution in [2.75, 3.05) is 18.2 Å². The standard InChI is InChI=1S/C27H25BrN2O4/c1-2-34-18-9-7-17(8-10-18)29(25(31)15-3-5-16(28)6-4-15)14-30-26(32)23-19-11-12-20(22-13-21(19)22)24(23)27(30)33/h3-12,19-24H,2,13-14H2,1H3. The molecular formula is C27H25BrN2O4. The van der Waals surface area contributed by atoms with Crippen LogP contribution in [0.4, 0.5) is 5.69 Å². The molecule has 34 heavy (non-hydrogen) atoms. The summed E-state index contributed by atoms with van der Waals surface area (Å²) >= 11 is 3.40. The number of rotatable bonds is 6. The Hall–Kier alpha value is -2.93. The van der Waals surface area contributed by atoms with Gasteiger partial charge in [0.25, 0.3) is 5.91 Å². The second-order valence-electron chi connectivity index (χ2n) is 9.57. The molecule has 0 aromatic heterocycles. The van der Waals surface area contributed by atoms with Gasteiger partial charge < -0.3 is 4.74 Å². The van der Waals surface area contributed by atoms with Gasteiger partial charge in [-0.3, -0.25) is 24.2 Å². The maximum atomic E-state index is 13.6. The zero-order valence-corrected chi connectivity index (χ0v) is 20.4. The van der Waals surface area contributed by atoms with Gasteiger partial charge in [-0.1, -0.05) is 28.1 Å². The first kappa shape index (κ1) is 21.6. The third-order valence-corrected chi connectivity index (χ3v) is 8.36. The molecule has 0 N–H and O–H groups in total. The fourth-order valence-corrected chi connectivity index (χ4v) is 6.46. The minimum absolute atomic E-state index is 0.0949. The second-order valence-corrected chi connectivity index (χ2v) is 10.5. The van der Waals surface area contributed by atoms with Crippen LogP contribution in [0.25, 0.3) is 0 Å². The summed E-state index contributed by atoms with van der Waals surface area (Å²) < 4.78 is 6.41. The molecule has 4 aliphatic carbocycles. The molecule has 7 heteroatoms. The van der Waals surface area contributed by atoms with Gasteiger partial charge in [0.1, 0.15) is 12.4 Å². The molecule has 3 fully saturated rings. The number of amides is 3. The van der Waals surface area contributed by atoms with E-state index in [1.54, 1.807) is 48.5 Å². The summed E-state index contributed by atoms with van der Waals surface area (Å²) in [6.45, 7) is 2.36. The van der Waals surface area contributed by atoms with Crippen molar-refractivity contribution in [3.8, 4) is 5.75 Å². The number of nitrogens with zero attached hydrogens (tertiary/aromatic N) is 2. The molecule has 7 rings (SSSR count). The van der Waals surface area contributed by atoms with Crippen LogP contribution in [0.5, 0.6) is 5.75 Å². The lowest BCUT2D eigenvalue weighted by Gasteiger charge is -2.37. The highest BCUT2D eigenvalue weighted by molar-refractivity contribution is 9.10. The van der Waals surface area contributed by atoms with Crippen molar-refractivity contribution in [3.05, 3.63) is 70.7 Å². The van der Waals surface area contributed by atoms with Gasteiger partial charge in [-0.2, -0.15) is 0 Å². The molecule has 6 atom stereocenters. The number of carbonyl (C=O) groups is 3. The predicted molar refractivity (Wildman–Crippen MR) is 130 cm³/mol. The van der Waals surface area contributed by atoms with Crippen LogP contribution in [-0.2, 0) is 9.59 Å². The van der Waals surface area contributed by atoms with Gasteiger partial charge in [0.15, 0.2) is 0 Å². The van der Waals surface area contributed by atoms with Gasteiger partial charge in [0, 0.05) is 15.7 Å². The van der Waals surface area contributed by atoms with Crippen LogP contribution < -0.4 is 9.64 Å². The molecule has 2 aromatic carbocycles. The van der Waals surface area contributed by atoms with E-state index in [0.717, 1.165) is 10.9 Å². The summed E-state index contributed by atoms with van der Waals surface area (Å²) in [5.74, 6) is 0.981. The van der Waals surface area contributed by atoms with Crippen molar-refractivity contribution in [1.29, 1.82) is 0 Å². The highest BCUT2D eigenvalue weighted by Crippen LogP contribution is 2.65. The molecule has 6 nitrogen and oxygen atoms in total. The maximum Gasteiger partial charge on any atom is 0.259 e. The molecule has 0 spiro atoms. The largest absolute Gasteiger partial charge is 0.494 e. The number of carbonyl (C=O) groups excluding carboxylic acids is 3. The van der Waals surface area contributed by atoms with E-state index in [1.807, 2.05) is 6.92 Å². The summed E-state index contributed by atoms with van der Waals surface area (Å²) in [5, 5.41) is 0. The van der Waals surface area contributed by atoms with E-state index < -0.39 is 0 Å². The number of hydrogen-bond acceptors (Lipinski definition) is 4. The van der Waals surface area contributed by atoms with E-state index in [2.05, 4.69) is 28.1 Å². The molecule has 6 unspecified atom stereocenters. The first-order valence-electron chi connectivity index (χ1n) is 11.8. The molecule has 2 bridgehead atoms. The van der Waals surface area contributed by atoms with E-state index in [0.29, 0.717) is 35.4 Å². The van der Waals surface area contributed by atoms with Crippen LogP contribution in [0.15, 0.2) is 65.2 Å². The average Bonchev–Trinajstić information content (AvgIpc) is 3.63. The van der Waals surface area contributed by atoms with Crippen molar-refractivity contribution in [2.45, 2.75) is 13.3 Å². The van der Waals surface area contributed by atoms with Crippen molar-refractivity contribution in [3.63, 3.8) is 0 Å². The van der Waals surface area contributed by atoms with Crippen molar-refractivity contribution >= 4 is 39.3 Å². The summed E-state index contributed by atoms with van der Waals surface area (Å²) in [6, 6.07) is 14.3. The number of hydrogen-bond donors (Lipinski definition) is 0. The van der Waals surface area contributed by atoms with Gasteiger partial charge in [-0.05, 0) is 85.5 Å². The Balaban J connectivity index is 1.32. The maximum absolute atomic E-state index is 13.6. The minimum Gasteiger partial charge on any atom is -0.494 e. The fourth-order valence-electron chi connectivity index (χ4n) is 6.20. The number of allylic oxidation sites excluding steroid dienone is 2. The zero-order chi connectivity index (χ0) is 23.6. The highest BCUT2D eigenvalue weighted by atomic mass is 79.9. The Morgan fingerprint density at radius 2 is 1.56 bits per heavy atom. The van der Waals surface area contributed by atoms with E-state index in [-0.39, 0.29) is 48.1 Å². The van der Waals surface area contributed by atoms with E-state index in [4.69, 9.17) is 4.74 Å². The van der Waals surface area contributed by atoms with Crippen molar-refractivity contribution in [1.82, 2.24) is 4.90 Å². The third-order valence-electron chi connectivity index (χ3n) is 7.83. The van der Waals surface area contributed by atoms with Gasteiger partial charge >= 0.3 is 0 Å². The topological polar surface area (TPSA) is 66.9 Å². The summed E-state index contributed by atoms with van der Waals surface area (Å²) in [5.41, 5.74) is 1.09. The Kier molecular flexibility index (Phi) is 5.13. The molecule has 5 aliphatic rings. The molecule has 3 amide bonds. The molecule has 2 saturated carbocycles. The SMILES string of the molecule is CCOc1ccc(N(CN2C(=O)C3C4C=CC(C5CC45)C3C2=O)C(=O)c2ccc(Br)cc2)cc1. The number of likely N-dealkylation sites (tertiary alicyclic amines) is 1. The number of halogens is 1. The van der Waals surface area contributed by atoms with Gasteiger partial charge in [-0.25, -0.2) is 0 Å². The Bertz CT molecular complexity index is 1160. The highest BCUT2D eigenvalue weighted by Gasteiger charge is 2.67. The lowest BCUT2D eigenvalue weighted by Crippen LogP contribution is -2.45. The molecule has 0 radical (unpaired) electrons. The van der Waals surface area contributed by atoms with Gasteiger partial charge in [-0.15, -0.1) is 0 Å². The molecule has 1 saturated heterocycles. The normalized spacial score (nSPS) is 30.2. The smallest absolute Gasteiger partial charge is 0.259 e. The fraction of sp³-hybridized carbons (Fsp3) is 0.370. The quantitative estimate of drug-likeness (QED) is 0.415. The lowest BCUT2D eigenvalue weighted by atomic mass is 9.63. The second kappa shape index (κ2) is 8.08. The van der Waals surface area contributed by atoms with Crippen LogP contribution in [0.3, 0.4) is 0 Å². The summed E-state index contributed by atoms with van der Waals surface area (Å²) in [6.07, 6.45) is 5.44. The lowest BCUT2D eigenvalue weighted by molar-refractivity contribution is -0.140. The monoisotopic (exact) mass is 520 g/mol. The number of ether oxygens (including phenoxy) is 1. The van der Waals surface area contributed by atoms with E-state index in [1.165, 1.54) is 9.80 Å². The Labute approximate surface area is 206 Å². The summed E-state index contributed by atoms with van der Waals surface area (Å²) in [4.78, 5) is 43.5. The van der Waals surface area contributed by atoms with Crippen molar-refractivity contribution < 1.29 is 19.1 Å². The molecule has 2 aromatic rings. The molecule has 1 heterocycles. The van der Waals surface area contributed by atoms with Gasteiger partial charge in [0.2, 0.25) is 11.8 Å². The van der Waals surface area contributed by atoms with Crippen molar-refractivity contribution in [2.24, 2.45) is 35.5 Å². The van der Waals surface area contributed by atoms with Crippen LogP contribution in [0.2, 0.25) is 0 Å². The predicted octanol–water partition coefficient (Wildman–Crippen LogP) is 4.51. The minimum atomic E-state index is -0.281. The van der Waals surface area contributed by atoms with Crippen LogP contribution in [0, 0.1) is 35.5 Å². The van der Waals surface area contributed by atoms with Crippen LogP contribution >= 0.6 is 15.9 Å². The third kappa shape index (κ3) is 3.32. The first-order valence-corrected chi connectivity index (χ1v) is 12.6. The molecule has 1 aliphatic heterocycles. The zero-order valence-electron chi connectivity index (χ0n) is 18.8. The first-order chi connectivity index (χ1) is 16.5. The summed E-state index contributed by atoms with van der Waals surface area (Å²) in [7, 11) is 0. The molecular weight excluding hydrogens is 496 g/mol.